The Morgan fingerprint density at radius 1 is 1.33 bits per heavy atom. The minimum Gasteiger partial charge on any atom is -0.731 e. The first-order chi connectivity index (χ1) is 15.1. The number of nitrogens with zero attached hydrogens (tertiary/aromatic N) is 3. The second-order valence-corrected chi connectivity index (χ2v) is 8.52. The maximum atomic E-state index is 12.7. The number of anilines is 1. The van der Waals surface area contributed by atoms with Crippen LogP contribution in [0.5, 0.6) is 0 Å². The molecule has 170 valence electrons. The number of carbonyl (C=O) groups excluding carboxylic acids is 3. The maximum absolute atomic E-state index is 12.7. The molecule has 1 fully saturated rings. The third kappa shape index (κ3) is 6.07. The number of aromatic nitrogens is 1. The van der Waals surface area contributed by atoms with E-state index in [4.69, 9.17) is 5.73 Å². The van der Waals surface area contributed by atoms with Crippen LogP contribution in [0.3, 0.4) is 0 Å². The van der Waals surface area contributed by atoms with Crippen molar-refractivity contribution >= 4 is 50.2 Å². The molecule has 1 aliphatic heterocycles. The zero-order valence-corrected chi connectivity index (χ0v) is 21.1. The van der Waals surface area contributed by atoms with E-state index in [1.165, 1.54) is 24.6 Å². The molecule has 0 radical (unpaired) electrons. The van der Waals surface area contributed by atoms with E-state index in [9.17, 15) is 27.4 Å². The molecule has 1 aromatic carbocycles. The average Bonchev–Trinajstić information content (AvgIpc) is 3.17. The summed E-state index contributed by atoms with van der Waals surface area (Å²) in [4.78, 5) is 45.8. The molecule has 1 aliphatic rings. The Hall–Kier alpha value is -2.56. The third-order valence-electron chi connectivity index (χ3n) is 4.37. The molecule has 4 N–H and O–H groups in total. The van der Waals surface area contributed by atoms with Gasteiger partial charge in [0.15, 0.2) is 21.1 Å². The Morgan fingerprint density at radius 3 is 2.55 bits per heavy atom. The Balaban J connectivity index is 0.00000385. The van der Waals surface area contributed by atoms with Crippen molar-refractivity contribution in [1.82, 2.24) is 19.9 Å². The summed E-state index contributed by atoms with van der Waals surface area (Å²) in [5.41, 5.74) is 5.59. The zero-order chi connectivity index (χ0) is 23.5. The van der Waals surface area contributed by atoms with Crippen LogP contribution in [0.1, 0.15) is 16.1 Å². The molecule has 3 rings (SSSR count). The normalized spacial score (nSPS) is 18.1. The first-order valence-electron chi connectivity index (χ1n) is 8.89. The molecule has 1 aromatic heterocycles. The van der Waals surface area contributed by atoms with Gasteiger partial charge in [-0.05, 0) is 12.1 Å². The SMILES string of the molecule is CON=C(C(=O)N[C@@H]1C(=O)N(S(=O)(=O)[O-])[C@@H]1CNC(=O)c1ccccc1)c1csc(N)n1.[Na+]. The maximum Gasteiger partial charge on any atom is 1.00 e. The number of oxime groups is 1. The van der Waals surface area contributed by atoms with Crippen molar-refractivity contribution in [3.8, 4) is 0 Å². The Bertz CT molecular complexity index is 1170. The number of carbonyl (C=O) groups is 3. The number of amides is 3. The first-order valence-corrected chi connectivity index (χ1v) is 11.1. The minimum absolute atomic E-state index is 0. The van der Waals surface area contributed by atoms with Gasteiger partial charge >= 0.3 is 29.6 Å². The van der Waals surface area contributed by atoms with Gasteiger partial charge in [0.1, 0.15) is 18.8 Å². The number of benzene rings is 1. The molecule has 0 bridgehead atoms. The number of rotatable bonds is 8. The van der Waals surface area contributed by atoms with Crippen LogP contribution in [0.25, 0.3) is 0 Å². The van der Waals surface area contributed by atoms with Gasteiger partial charge in [-0.15, -0.1) is 11.3 Å². The average molecular weight is 504 g/mol. The van der Waals surface area contributed by atoms with E-state index in [1.54, 1.807) is 18.2 Å². The summed E-state index contributed by atoms with van der Waals surface area (Å²) < 4.78 is 34.6. The topological polar surface area (TPSA) is 196 Å². The second-order valence-electron chi connectivity index (χ2n) is 6.38. The second kappa shape index (κ2) is 11.0. The number of hydrogen-bond acceptors (Lipinski definition) is 11. The number of nitrogens with one attached hydrogen (secondary N) is 2. The molecule has 2 aromatic rings. The summed E-state index contributed by atoms with van der Waals surface area (Å²) >= 11 is 1.04. The summed E-state index contributed by atoms with van der Waals surface area (Å²) in [6.45, 7) is -0.410. The molecule has 16 heteroatoms. The minimum atomic E-state index is -5.18. The molecule has 13 nitrogen and oxygen atoms in total. The summed E-state index contributed by atoms with van der Waals surface area (Å²) in [6.07, 6.45) is 0. The first kappa shape index (κ1) is 26.7. The molecule has 3 amide bonds. The predicted molar refractivity (Wildman–Crippen MR) is 111 cm³/mol. The fourth-order valence-corrected chi connectivity index (χ4v) is 4.35. The van der Waals surface area contributed by atoms with E-state index < -0.39 is 46.7 Å². The molecule has 2 heterocycles. The molecule has 0 unspecified atom stereocenters. The fraction of sp³-hybridized carbons (Fsp3) is 0.235. The summed E-state index contributed by atoms with van der Waals surface area (Å²) in [5, 5.41) is 9.90. The molecular weight excluding hydrogens is 487 g/mol. The van der Waals surface area contributed by atoms with Gasteiger partial charge in [-0.3, -0.25) is 14.4 Å². The summed E-state index contributed by atoms with van der Waals surface area (Å²) in [5.74, 6) is -2.63. The van der Waals surface area contributed by atoms with Crippen LogP contribution in [-0.4, -0.2) is 71.4 Å². The van der Waals surface area contributed by atoms with Gasteiger partial charge in [0.2, 0.25) is 0 Å². The third-order valence-corrected chi connectivity index (χ3v) is 5.97. The monoisotopic (exact) mass is 504 g/mol. The number of β-lactam (4-membered cyclic amide) rings is 1. The molecule has 33 heavy (non-hydrogen) atoms. The van der Waals surface area contributed by atoms with Crippen LogP contribution in [0.2, 0.25) is 0 Å². The van der Waals surface area contributed by atoms with Gasteiger partial charge in [0.05, 0.1) is 6.04 Å². The largest absolute Gasteiger partial charge is 1.00 e. The quantitative estimate of drug-likeness (QED) is 0.105. The molecular formula is C17H17N6NaO7S2. The van der Waals surface area contributed by atoms with Gasteiger partial charge in [0, 0.05) is 17.5 Å². The van der Waals surface area contributed by atoms with E-state index in [2.05, 4.69) is 25.6 Å². The number of hydrogen-bond donors (Lipinski definition) is 3. The number of thiazole rings is 1. The van der Waals surface area contributed by atoms with Gasteiger partial charge in [-0.25, -0.2) is 17.7 Å². The van der Waals surface area contributed by atoms with E-state index in [-0.39, 0.29) is 56.0 Å². The molecule has 0 aliphatic carbocycles. The molecule has 1 saturated heterocycles. The van der Waals surface area contributed by atoms with Crippen molar-refractivity contribution in [2.24, 2.45) is 5.16 Å². The van der Waals surface area contributed by atoms with Gasteiger partial charge in [-0.2, -0.15) is 0 Å². The summed E-state index contributed by atoms with van der Waals surface area (Å²) in [6, 6.07) is 5.24. The van der Waals surface area contributed by atoms with Crippen molar-refractivity contribution in [1.29, 1.82) is 0 Å². The van der Waals surface area contributed by atoms with Crippen LogP contribution < -0.4 is 45.9 Å². The number of nitrogen functional groups attached to an aromatic ring is 1. The Labute approximate surface area is 214 Å². The Morgan fingerprint density at radius 2 is 2.00 bits per heavy atom. The predicted octanol–water partition coefficient (Wildman–Crippen LogP) is -4.33. The van der Waals surface area contributed by atoms with Crippen LogP contribution in [-0.2, 0) is 24.7 Å². The van der Waals surface area contributed by atoms with E-state index in [0.29, 0.717) is 0 Å². The summed E-state index contributed by atoms with van der Waals surface area (Å²) in [7, 11) is -3.99. The Kier molecular flexibility index (Phi) is 8.93. The van der Waals surface area contributed by atoms with Gasteiger partial charge in [-0.1, -0.05) is 23.4 Å². The van der Waals surface area contributed by atoms with Crippen LogP contribution >= 0.6 is 11.3 Å². The van der Waals surface area contributed by atoms with Gasteiger partial charge < -0.3 is 25.8 Å². The van der Waals surface area contributed by atoms with E-state index in [0.717, 1.165) is 11.3 Å². The van der Waals surface area contributed by atoms with E-state index in [1.807, 2.05) is 0 Å². The van der Waals surface area contributed by atoms with Crippen LogP contribution in [0.15, 0.2) is 40.9 Å². The number of nitrogens with two attached hydrogens (primary N) is 1. The zero-order valence-electron chi connectivity index (χ0n) is 17.4. The van der Waals surface area contributed by atoms with E-state index >= 15 is 0 Å². The van der Waals surface area contributed by atoms with Crippen molar-refractivity contribution in [2.75, 3.05) is 19.4 Å². The van der Waals surface area contributed by atoms with Crippen molar-refractivity contribution in [3.63, 3.8) is 0 Å². The standard InChI is InChI=1S/C17H18N6O7S2.Na/c1-30-22-12(10-8-31-17(18)20-10)15(25)21-13-11(23(16(13)26)32(27,28)29)7-19-14(24)9-5-3-2-4-6-9;/h2-6,8,11,13H,7H2,1H3,(H2,18,20)(H,19,24)(H,21,25)(H,27,28,29);/q;+1/p-1/t11-,13+;/m1./s1. The van der Waals surface area contributed by atoms with Crippen LogP contribution in [0.4, 0.5) is 5.13 Å². The van der Waals surface area contributed by atoms with Gasteiger partial charge in [0.25, 0.3) is 17.7 Å². The molecule has 2 atom stereocenters. The fourth-order valence-electron chi connectivity index (χ4n) is 2.94. The molecule has 0 spiro atoms. The smallest absolute Gasteiger partial charge is 0.731 e. The van der Waals surface area contributed by atoms with Crippen molar-refractivity contribution in [2.45, 2.75) is 12.1 Å². The molecule has 0 saturated carbocycles. The van der Waals surface area contributed by atoms with Crippen LogP contribution in [0, 0.1) is 0 Å². The van der Waals surface area contributed by atoms with Crippen molar-refractivity contribution < 1.29 is 61.7 Å². The van der Waals surface area contributed by atoms with Crippen molar-refractivity contribution in [3.05, 3.63) is 47.0 Å².